The molecule has 16 heavy (non-hydrogen) atoms. The van der Waals surface area contributed by atoms with E-state index in [2.05, 4.69) is 47.2 Å². The van der Waals surface area contributed by atoms with E-state index in [1.807, 2.05) is 12.1 Å². The monoisotopic (exact) mass is 276 g/mol. The van der Waals surface area contributed by atoms with Gasteiger partial charge in [-0.2, -0.15) is 0 Å². The molecular weight excluding hydrogens is 264 g/mol. The van der Waals surface area contributed by atoms with Crippen LogP contribution in [0.1, 0.15) is 19.4 Å². The van der Waals surface area contributed by atoms with Gasteiger partial charge < -0.3 is 5.32 Å². The SMILES string of the molecule is CC1(C)Cc2cc3cccc(Br)c3nc2N1. The molecule has 1 aliphatic heterocycles. The molecule has 1 aromatic heterocycles. The van der Waals surface area contributed by atoms with Crippen LogP contribution in [0.4, 0.5) is 5.82 Å². The van der Waals surface area contributed by atoms with Crippen molar-refractivity contribution in [2.75, 3.05) is 5.32 Å². The third-order valence-electron chi connectivity index (χ3n) is 2.96. The maximum atomic E-state index is 4.69. The molecule has 82 valence electrons. The molecular formula is C13H13BrN2. The number of para-hydroxylation sites is 1. The molecule has 0 saturated carbocycles. The summed E-state index contributed by atoms with van der Waals surface area (Å²) >= 11 is 3.54. The van der Waals surface area contributed by atoms with Crippen molar-refractivity contribution in [3.63, 3.8) is 0 Å². The Bertz CT molecular complexity index is 575. The number of halogens is 1. The summed E-state index contributed by atoms with van der Waals surface area (Å²) in [6.07, 6.45) is 1.04. The third-order valence-corrected chi connectivity index (χ3v) is 3.60. The number of pyridine rings is 1. The minimum Gasteiger partial charge on any atom is -0.365 e. The number of anilines is 1. The molecule has 0 amide bonds. The average Bonchev–Trinajstić information content (AvgIpc) is 2.48. The highest BCUT2D eigenvalue weighted by molar-refractivity contribution is 9.10. The van der Waals surface area contributed by atoms with Crippen molar-refractivity contribution in [3.05, 3.63) is 34.3 Å². The summed E-state index contributed by atoms with van der Waals surface area (Å²) in [6, 6.07) is 8.43. The summed E-state index contributed by atoms with van der Waals surface area (Å²) in [5, 5.41) is 4.66. The number of aromatic nitrogens is 1. The van der Waals surface area contributed by atoms with Gasteiger partial charge in [0.05, 0.1) is 5.52 Å². The molecule has 3 rings (SSSR count). The van der Waals surface area contributed by atoms with Gasteiger partial charge in [-0.3, -0.25) is 0 Å². The Hall–Kier alpha value is -1.09. The van der Waals surface area contributed by atoms with Gasteiger partial charge in [-0.25, -0.2) is 4.98 Å². The lowest BCUT2D eigenvalue weighted by molar-refractivity contribution is 0.593. The molecule has 0 aliphatic carbocycles. The van der Waals surface area contributed by atoms with Crippen molar-refractivity contribution in [2.45, 2.75) is 25.8 Å². The zero-order valence-corrected chi connectivity index (χ0v) is 10.9. The molecule has 0 atom stereocenters. The van der Waals surface area contributed by atoms with Crippen molar-refractivity contribution in [1.82, 2.24) is 4.98 Å². The van der Waals surface area contributed by atoms with Crippen LogP contribution in [0.2, 0.25) is 0 Å². The van der Waals surface area contributed by atoms with Gasteiger partial charge >= 0.3 is 0 Å². The lowest BCUT2D eigenvalue weighted by Crippen LogP contribution is -2.27. The van der Waals surface area contributed by atoms with E-state index < -0.39 is 0 Å². The van der Waals surface area contributed by atoms with Crippen LogP contribution in [0, 0.1) is 0 Å². The number of hydrogen-bond donors (Lipinski definition) is 1. The lowest BCUT2D eigenvalue weighted by Gasteiger charge is -2.17. The van der Waals surface area contributed by atoms with Gasteiger partial charge in [0.15, 0.2) is 0 Å². The average molecular weight is 277 g/mol. The van der Waals surface area contributed by atoms with E-state index in [0.717, 1.165) is 22.2 Å². The number of fused-ring (bicyclic) bond motifs is 2. The van der Waals surface area contributed by atoms with Crippen molar-refractivity contribution >= 4 is 32.7 Å². The van der Waals surface area contributed by atoms with Crippen LogP contribution in [0.15, 0.2) is 28.7 Å². The fourth-order valence-electron chi connectivity index (χ4n) is 2.29. The van der Waals surface area contributed by atoms with Crippen molar-refractivity contribution in [3.8, 4) is 0 Å². The fourth-order valence-corrected chi connectivity index (χ4v) is 2.76. The maximum absolute atomic E-state index is 4.69. The van der Waals surface area contributed by atoms with Crippen molar-refractivity contribution in [2.24, 2.45) is 0 Å². The Morgan fingerprint density at radius 3 is 3.00 bits per heavy atom. The Morgan fingerprint density at radius 2 is 2.19 bits per heavy atom. The molecule has 0 saturated heterocycles. The first-order valence-electron chi connectivity index (χ1n) is 5.41. The van der Waals surface area contributed by atoms with Crippen LogP contribution < -0.4 is 5.32 Å². The molecule has 2 nitrogen and oxygen atoms in total. The van der Waals surface area contributed by atoms with Gasteiger partial charge in [0, 0.05) is 15.4 Å². The number of benzene rings is 1. The van der Waals surface area contributed by atoms with Crippen LogP contribution in [0.3, 0.4) is 0 Å². The number of hydrogen-bond acceptors (Lipinski definition) is 2. The molecule has 0 spiro atoms. The van der Waals surface area contributed by atoms with Crippen molar-refractivity contribution in [1.29, 1.82) is 0 Å². The topological polar surface area (TPSA) is 24.9 Å². The van der Waals surface area contributed by atoms with Gasteiger partial charge in [0.2, 0.25) is 0 Å². The largest absolute Gasteiger partial charge is 0.365 e. The van der Waals surface area contributed by atoms with Gasteiger partial charge in [0.1, 0.15) is 5.82 Å². The van der Waals surface area contributed by atoms with Gasteiger partial charge in [0.25, 0.3) is 0 Å². The summed E-state index contributed by atoms with van der Waals surface area (Å²) in [6.45, 7) is 4.41. The second kappa shape index (κ2) is 3.20. The molecule has 3 heteroatoms. The Balaban J connectivity index is 2.26. The summed E-state index contributed by atoms with van der Waals surface area (Å²) in [7, 11) is 0. The first kappa shape index (κ1) is 10.1. The first-order valence-corrected chi connectivity index (χ1v) is 6.21. The van der Waals surface area contributed by atoms with E-state index in [1.54, 1.807) is 0 Å². The van der Waals surface area contributed by atoms with E-state index in [-0.39, 0.29) is 5.54 Å². The second-order valence-corrected chi connectivity index (χ2v) is 5.85. The van der Waals surface area contributed by atoms with Crippen LogP contribution in [0.25, 0.3) is 10.9 Å². The zero-order chi connectivity index (χ0) is 11.3. The Morgan fingerprint density at radius 1 is 1.38 bits per heavy atom. The van der Waals surface area contributed by atoms with Gasteiger partial charge in [-0.1, -0.05) is 12.1 Å². The van der Waals surface area contributed by atoms with Gasteiger partial charge in [-0.15, -0.1) is 0 Å². The highest BCUT2D eigenvalue weighted by Crippen LogP contribution is 2.34. The second-order valence-electron chi connectivity index (χ2n) is 4.99. The minimum atomic E-state index is 0.124. The van der Waals surface area contributed by atoms with E-state index in [9.17, 15) is 0 Å². The number of nitrogens with one attached hydrogen (secondary N) is 1. The fraction of sp³-hybridized carbons (Fsp3) is 0.308. The van der Waals surface area contributed by atoms with E-state index >= 15 is 0 Å². The molecule has 1 aliphatic rings. The van der Waals surface area contributed by atoms with Crippen LogP contribution in [-0.4, -0.2) is 10.5 Å². The predicted molar refractivity (Wildman–Crippen MR) is 70.8 cm³/mol. The molecule has 2 heterocycles. The smallest absolute Gasteiger partial charge is 0.130 e. The van der Waals surface area contributed by atoms with E-state index in [1.165, 1.54) is 10.9 Å². The Labute approximate surface area is 103 Å². The zero-order valence-electron chi connectivity index (χ0n) is 9.34. The molecule has 1 N–H and O–H groups in total. The van der Waals surface area contributed by atoms with Crippen LogP contribution in [-0.2, 0) is 6.42 Å². The highest BCUT2D eigenvalue weighted by atomic mass is 79.9. The van der Waals surface area contributed by atoms with E-state index in [0.29, 0.717) is 0 Å². The van der Waals surface area contributed by atoms with Gasteiger partial charge in [-0.05, 0) is 53.9 Å². The summed E-state index contributed by atoms with van der Waals surface area (Å²) in [5.41, 5.74) is 2.47. The van der Waals surface area contributed by atoms with E-state index in [4.69, 9.17) is 4.98 Å². The number of nitrogens with zero attached hydrogens (tertiary/aromatic N) is 1. The summed E-state index contributed by atoms with van der Waals surface area (Å²) in [5.74, 6) is 1.03. The Kier molecular flexibility index (Phi) is 2.02. The standard InChI is InChI=1S/C13H13BrN2/c1-13(2)7-9-6-8-4-3-5-10(14)11(8)15-12(9)16-13/h3-6H,7H2,1-2H3,(H,15,16). The molecule has 1 aromatic carbocycles. The minimum absolute atomic E-state index is 0.124. The van der Waals surface area contributed by atoms with Crippen molar-refractivity contribution < 1.29 is 0 Å². The molecule has 0 bridgehead atoms. The first-order chi connectivity index (χ1) is 7.55. The maximum Gasteiger partial charge on any atom is 0.130 e. The molecule has 0 radical (unpaired) electrons. The number of rotatable bonds is 0. The molecule has 0 unspecified atom stereocenters. The van der Waals surface area contributed by atoms with Crippen LogP contribution >= 0.6 is 15.9 Å². The molecule has 2 aromatic rings. The highest BCUT2D eigenvalue weighted by Gasteiger charge is 2.28. The summed E-state index contributed by atoms with van der Waals surface area (Å²) < 4.78 is 1.05. The van der Waals surface area contributed by atoms with Crippen LogP contribution in [0.5, 0.6) is 0 Å². The predicted octanol–water partition coefficient (Wildman–Crippen LogP) is 3.74. The lowest BCUT2D eigenvalue weighted by atomic mass is 10.0. The normalized spacial score (nSPS) is 17.2. The molecule has 0 fully saturated rings. The summed E-state index contributed by atoms with van der Waals surface area (Å²) in [4.78, 5) is 4.69. The quantitative estimate of drug-likeness (QED) is 0.793. The third kappa shape index (κ3) is 1.50.